The predicted molar refractivity (Wildman–Crippen MR) is 239 cm³/mol. The number of hydrogen-bond donors (Lipinski definition) is 1. The van der Waals surface area contributed by atoms with Gasteiger partial charge in [0.1, 0.15) is 6.61 Å². The van der Waals surface area contributed by atoms with Gasteiger partial charge in [0, 0.05) is 20.0 Å². The lowest BCUT2D eigenvalue weighted by molar-refractivity contribution is -0.161. The monoisotopic (exact) mass is 819 g/mol. The number of allylic oxidation sites excluding steroid dienone is 12. The van der Waals surface area contributed by atoms with Crippen LogP contribution in [0, 0.1) is 0 Å². The summed E-state index contributed by atoms with van der Waals surface area (Å²) < 4.78 is 31.9. The molecule has 0 radical (unpaired) electrons. The minimum atomic E-state index is -4.29. The first-order valence-electron chi connectivity index (χ1n) is 22.6. The summed E-state index contributed by atoms with van der Waals surface area (Å²) in [6.45, 7) is 3.73. The van der Waals surface area contributed by atoms with Gasteiger partial charge in [-0.1, -0.05) is 202 Å². The molecule has 2 atom stereocenters. The van der Waals surface area contributed by atoms with Crippen LogP contribution in [-0.4, -0.2) is 43.3 Å². The Labute approximate surface area is 349 Å². The topological polar surface area (TPSA) is 108 Å². The summed E-state index contributed by atoms with van der Waals surface area (Å²) in [6.07, 6.45) is 55.5. The van der Waals surface area contributed by atoms with E-state index in [4.69, 9.17) is 14.0 Å². The standard InChI is InChI=1S/C48H83O8P/c1-4-6-8-10-12-14-16-18-20-22-24-26-28-30-32-34-36-38-40-42-47(49)54-44-46(45-55-57(51,52)53-3)56-48(50)43-41-39-37-35-33-31-29-27-25-23-21-19-17-15-13-11-9-7-5-2/h7,9,13,15,19,21,25,27,31,33,37,39,46H,4-6,8,10-12,14,16-18,20,22-24,26,28-30,32,34-36,38,40-45H2,1-3H3,(H,51,52)/b9-7-,15-13-,21-19-,27-25-,33-31-,39-37-. The molecule has 0 aliphatic carbocycles. The van der Waals surface area contributed by atoms with Gasteiger partial charge in [-0.2, -0.15) is 0 Å². The van der Waals surface area contributed by atoms with Crippen molar-refractivity contribution in [3.63, 3.8) is 0 Å². The highest BCUT2D eigenvalue weighted by atomic mass is 31.2. The fourth-order valence-electron chi connectivity index (χ4n) is 6.04. The Balaban J connectivity index is 4.08. The van der Waals surface area contributed by atoms with Crippen molar-refractivity contribution < 1.29 is 37.6 Å². The summed E-state index contributed by atoms with van der Waals surface area (Å²) in [7, 11) is -3.24. The zero-order chi connectivity index (χ0) is 41.8. The molecule has 0 saturated heterocycles. The summed E-state index contributed by atoms with van der Waals surface area (Å²) in [5, 5.41) is 0. The Hall–Kier alpha value is -2.51. The summed E-state index contributed by atoms with van der Waals surface area (Å²) in [5.41, 5.74) is 0. The van der Waals surface area contributed by atoms with E-state index in [1.807, 2.05) is 12.2 Å². The van der Waals surface area contributed by atoms with Gasteiger partial charge >= 0.3 is 19.8 Å². The SMILES string of the molecule is CC/C=C\C/C=C\C/C=C\C/C=C\C/C=C\C/C=C\CCC(=O)OC(COC(=O)CCCCCCCCCCCCCCCCCCCCC)COP(=O)(O)OC. The number of rotatable bonds is 41. The van der Waals surface area contributed by atoms with Crippen molar-refractivity contribution in [1.29, 1.82) is 0 Å². The van der Waals surface area contributed by atoms with Gasteiger partial charge in [-0.05, 0) is 51.4 Å². The lowest BCUT2D eigenvalue weighted by Crippen LogP contribution is -2.29. The third kappa shape index (κ3) is 42.9. The Morgan fingerprint density at radius 2 is 0.895 bits per heavy atom. The zero-order valence-corrected chi connectivity index (χ0v) is 37.4. The van der Waals surface area contributed by atoms with Crippen LogP contribution in [0.15, 0.2) is 72.9 Å². The molecular formula is C48H83O8P. The first-order chi connectivity index (χ1) is 27.8. The van der Waals surface area contributed by atoms with Gasteiger partial charge in [0.05, 0.1) is 6.61 Å². The van der Waals surface area contributed by atoms with Gasteiger partial charge in [0.25, 0.3) is 0 Å². The number of unbranched alkanes of at least 4 members (excludes halogenated alkanes) is 18. The van der Waals surface area contributed by atoms with Crippen LogP contribution in [0.5, 0.6) is 0 Å². The highest BCUT2D eigenvalue weighted by Crippen LogP contribution is 2.42. The highest BCUT2D eigenvalue weighted by Gasteiger charge is 2.24. The maximum absolute atomic E-state index is 12.5. The maximum atomic E-state index is 12.5. The first kappa shape index (κ1) is 54.5. The van der Waals surface area contributed by atoms with Crippen LogP contribution in [0.2, 0.25) is 0 Å². The number of hydrogen-bond acceptors (Lipinski definition) is 7. The number of phosphoric ester groups is 1. The van der Waals surface area contributed by atoms with Crippen molar-refractivity contribution in [2.45, 2.75) is 200 Å². The van der Waals surface area contributed by atoms with Crippen molar-refractivity contribution in [1.82, 2.24) is 0 Å². The fraction of sp³-hybridized carbons (Fsp3) is 0.708. The Bertz CT molecular complexity index is 1160. The lowest BCUT2D eigenvalue weighted by atomic mass is 10.0. The molecule has 0 aliphatic heterocycles. The summed E-state index contributed by atoms with van der Waals surface area (Å²) >= 11 is 0. The van der Waals surface area contributed by atoms with E-state index >= 15 is 0 Å². The van der Waals surface area contributed by atoms with Gasteiger partial charge in [-0.25, -0.2) is 4.57 Å². The molecule has 9 heteroatoms. The molecule has 0 aromatic rings. The van der Waals surface area contributed by atoms with Crippen LogP contribution in [-0.2, 0) is 32.7 Å². The Morgan fingerprint density at radius 3 is 1.30 bits per heavy atom. The summed E-state index contributed by atoms with van der Waals surface area (Å²) in [6, 6.07) is 0. The second kappa shape index (κ2) is 43.1. The molecule has 0 amide bonds. The summed E-state index contributed by atoms with van der Waals surface area (Å²) in [5.74, 6) is -0.900. The fourth-order valence-corrected chi connectivity index (χ4v) is 6.50. The van der Waals surface area contributed by atoms with Crippen molar-refractivity contribution in [3.05, 3.63) is 72.9 Å². The minimum Gasteiger partial charge on any atom is -0.462 e. The molecule has 2 unspecified atom stereocenters. The molecular weight excluding hydrogens is 735 g/mol. The molecule has 8 nitrogen and oxygen atoms in total. The highest BCUT2D eigenvalue weighted by molar-refractivity contribution is 7.47. The number of esters is 2. The number of carbonyl (C=O) groups excluding carboxylic acids is 2. The molecule has 0 aromatic heterocycles. The number of carbonyl (C=O) groups is 2. The van der Waals surface area contributed by atoms with E-state index in [1.54, 1.807) is 0 Å². The Kier molecular flexibility index (Phi) is 41.2. The third-order valence-electron chi connectivity index (χ3n) is 9.48. The van der Waals surface area contributed by atoms with Gasteiger partial charge < -0.3 is 14.4 Å². The van der Waals surface area contributed by atoms with E-state index in [0.29, 0.717) is 6.42 Å². The van der Waals surface area contributed by atoms with E-state index in [9.17, 15) is 19.0 Å². The molecule has 0 spiro atoms. The molecule has 0 bridgehead atoms. The quantitative estimate of drug-likeness (QED) is 0.0281. The second-order valence-corrected chi connectivity index (χ2v) is 16.4. The molecule has 0 aromatic carbocycles. The number of phosphoric acid groups is 1. The predicted octanol–water partition coefficient (Wildman–Crippen LogP) is 14.5. The maximum Gasteiger partial charge on any atom is 0.472 e. The van der Waals surface area contributed by atoms with Gasteiger partial charge in [-0.3, -0.25) is 18.6 Å². The molecule has 0 rings (SSSR count). The average molecular weight is 819 g/mol. The number of ether oxygens (including phenoxy) is 2. The van der Waals surface area contributed by atoms with Crippen LogP contribution in [0.3, 0.4) is 0 Å². The molecule has 0 aliphatic rings. The van der Waals surface area contributed by atoms with Crippen molar-refractivity contribution in [2.24, 2.45) is 0 Å². The average Bonchev–Trinajstić information content (AvgIpc) is 3.20. The van der Waals surface area contributed by atoms with E-state index < -0.39 is 26.5 Å². The third-order valence-corrected chi connectivity index (χ3v) is 10.4. The van der Waals surface area contributed by atoms with E-state index in [0.717, 1.165) is 64.9 Å². The molecule has 328 valence electrons. The Morgan fingerprint density at radius 1 is 0.509 bits per heavy atom. The van der Waals surface area contributed by atoms with E-state index in [2.05, 4.69) is 79.1 Å². The second-order valence-electron chi connectivity index (χ2n) is 14.8. The van der Waals surface area contributed by atoms with Crippen LogP contribution in [0.1, 0.15) is 194 Å². The normalized spacial score (nSPS) is 14.0. The van der Waals surface area contributed by atoms with Crippen molar-refractivity contribution in [3.8, 4) is 0 Å². The van der Waals surface area contributed by atoms with E-state index in [-0.39, 0.29) is 25.4 Å². The van der Waals surface area contributed by atoms with E-state index in [1.165, 1.54) is 103 Å². The summed E-state index contributed by atoms with van der Waals surface area (Å²) in [4.78, 5) is 34.5. The molecule has 0 saturated carbocycles. The van der Waals surface area contributed by atoms with Gasteiger partial charge in [-0.15, -0.1) is 0 Å². The van der Waals surface area contributed by atoms with Crippen LogP contribution < -0.4 is 0 Å². The first-order valence-corrected chi connectivity index (χ1v) is 24.1. The van der Waals surface area contributed by atoms with Crippen molar-refractivity contribution in [2.75, 3.05) is 20.3 Å². The molecule has 57 heavy (non-hydrogen) atoms. The molecule has 1 N–H and O–H groups in total. The lowest BCUT2D eigenvalue weighted by Gasteiger charge is -2.19. The minimum absolute atomic E-state index is 0.118. The van der Waals surface area contributed by atoms with Crippen LogP contribution in [0.4, 0.5) is 0 Å². The smallest absolute Gasteiger partial charge is 0.462 e. The molecule has 0 heterocycles. The van der Waals surface area contributed by atoms with Crippen LogP contribution >= 0.6 is 7.82 Å². The molecule has 0 fully saturated rings. The largest absolute Gasteiger partial charge is 0.472 e. The van der Waals surface area contributed by atoms with Crippen LogP contribution in [0.25, 0.3) is 0 Å². The van der Waals surface area contributed by atoms with Crippen molar-refractivity contribution >= 4 is 19.8 Å². The van der Waals surface area contributed by atoms with Gasteiger partial charge in [0.15, 0.2) is 6.10 Å². The van der Waals surface area contributed by atoms with Gasteiger partial charge in [0.2, 0.25) is 0 Å². The zero-order valence-electron chi connectivity index (χ0n) is 36.5.